The van der Waals surface area contributed by atoms with Crippen LogP contribution in [-0.2, 0) is 0 Å². The summed E-state index contributed by atoms with van der Waals surface area (Å²) in [5.41, 5.74) is -0.246. The normalized spacial score (nSPS) is 9.73. The molecule has 0 bridgehead atoms. The van der Waals surface area contributed by atoms with Gasteiger partial charge in [0.25, 0.3) is 0 Å². The lowest BCUT2D eigenvalue weighted by molar-refractivity contribution is 0.0676. The molecule has 0 aliphatic heterocycles. The second-order valence-electron chi connectivity index (χ2n) is 21.0. The second-order valence-corrected chi connectivity index (χ2v) is 21.4. The first-order valence-electron chi connectivity index (χ1n) is 30.1. The van der Waals surface area contributed by atoms with E-state index in [4.69, 9.17) is 103 Å². The Morgan fingerprint density at radius 2 is 0.505 bits per heavy atom. The molecular formula is C75H56ClFO34. The maximum Gasteiger partial charge on any atom is 0.339 e. The van der Waals surface area contributed by atoms with Crippen molar-refractivity contribution in [1.29, 1.82) is 0 Å². The number of ether oxygens (including phenoxy) is 2. The van der Waals surface area contributed by atoms with E-state index in [9.17, 15) is 81.1 Å². The molecular weight excluding hydrogens is 1500 g/mol. The molecule has 0 amide bonds. The summed E-state index contributed by atoms with van der Waals surface area (Å²) in [5.74, 6) is -18.9. The quantitative estimate of drug-likeness (QED) is 0.0357. The van der Waals surface area contributed by atoms with Gasteiger partial charge in [-0.05, 0) is 192 Å². The van der Waals surface area contributed by atoms with Crippen LogP contribution in [0.4, 0.5) is 4.39 Å². The monoisotopic (exact) mass is 1550 g/mol. The number of hydrogen-bond donors (Lipinski definition) is 16. The number of aromatic carboxylic acids is 16. The number of fused-ring (bicyclic) bond motifs is 2. The lowest BCUT2D eigenvalue weighted by Crippen LogP contribution is -2.05. The SMILES string of the molecule is CCOc1cc(C(=O)O)ccc1C(=O)O.COc1cc(C(=O)O)ccc1C(=O)O.O=C(O)c1ccc(C(=O)O)c(Cl)c1.O=C(O)c1ccc(C(=O)O)c(F)c1.O=C(O)c1ccc(C(=O)O)cc1.O=C(O)c1ccc2cc(C(=O)O)ccc2c1.O=C(O)c1ccc2ccc(C(=O)O)cc2c1.O=C(O)c1cccc(C(=O)O)c1. The molecule has 0 saturated heterocycles. The van der Waals surface area contributed by atoms with Crippen molar-refractivity contribution in [3.63, 3.8) is 0 Å². The van der Waals surface area contributed by atoms with Gasteiger partial charge in [0.2, 0.25) is 0 Å². The fourth-order valence-electron chi connectivity index (χ4n) is 8.32. The molecule has 0 aliphatic carbocycles. The predicted octanol–water partition coefficient (Wildman–Crippen LogP) is 12.2. The molecule has 36 heteroatoms. The number of carbonyl (C=O) groups is 16. The standard InChI is InChI=1S/2C12H8O4.C10H10O5.C9H8O5.C8H5ClO4.C8H5FO4.2C8H6O4/c13-11(14)9-3-1-7-5-10(12(15)16)4-2-8(7)6-9;13-11(14)8-3-1-7-2-4-9(12(15)16)6-10(7)5-8;1-2-15-8-5-6(9(11)12)3-4-7(8)10(13)14;1-14-7-4-5(8(10)11)2-3-6(7)9(12)13;2*9-6-3-4(7(10)11)1-2-5(6)8(12)13;9-7(10)5-1-2-6(4-3-5)8(11)12;9-7(10)5-2-1-3-6(4-5)8(11)12/h2*1-6H,(H,13,14)(H,15,16);3-5H,2H2,1H3,(H,11,12)(H,13,14);2-4H,1H3,(H,10,11)(H,12,13);2*1-3H,(H,10,11)(H,12,13);2*1-4H,(H,9,10)(H,11,12). The molecule has 10 aromatic rings. The Morgan fingerprint density at radius 1 is 0.261 bits per heavy atom. The summed E-state index contributed by atoms with van der Waals surface area (Å²) in [6, 6.07) is 41.9. The van der Waals surface area contributed by atoms with E-state index in [1.165, 1.54) is 141 Å². The topological polar surface area (TPSA) is 615 Å². The van der Waals surface area contributed by atoms with Crippen LogP contribution >= 0.6 is 11.6 Å². The highest BCUT2D eigenvalue weighted by Gasteiger charge is 2.18. The van der Waals surface area contributed by atoms with E-state index in [-0.39, 0.29) is 107 Å². The van der Waals surface area contributed by atoms with Crippen LogP contribution in [0.2, 0.25) is 5.02 Å². The minimum atomic E-state index is -1.42. The highest BCUT2D eigenvalue weighted by atomic mass is 35.5. The van der Waals surface area contributed by atoms with Crippen molar-refractivity contribution in [3.8, 4) is 11.5 Å². The molecule has 0 atom stereocenters. The smallest absolute Gasteiger partial charge is 0.339 e. The number of carboxylic acids is 16. The summed E-state index contributed by atoms with van der Waals surface area (Å²) in [6.07, 6.45) is 0. The van der Waals surface area contributed by atoms with Crippen molar-refractivity contribution in [1.82, 2.24) is 0 Å². The molecule has 0 aliphatic rings. The Labute approximate surface area is 624 Å². The van der Waals surface area contributed by atoms with Crippen LogP contribution < -0.4 is 9.47 Å². The lowest BCUT2D eigenvalue weighted by atomic mass is 10.0. The average Bonchev–Trinajstić information content (AvgIpc) is 0.760. The first kappa shape index (κ1) is 89.3. The number of rotatable bonds is 19. The van der Waals surface area contributed by atoms with Gasteiger partial charge in [0.05, 0.1) is 96.6 Å². The van der Waals surface area contributed by atoms with Gasteiger partial charge in [-0.2, -0.15) is 0 Å². The van der Waals surface area contributed by atoms with Crippen molar-refractivity contribution < 1.29 is 172 Å². The maximum atomic E-state index is 12.8. The third-order valence-corrected chi connectivity index (χ3v) is 14.0. The van der Waals surface area contributed by atoms with Crippen molar-refractivity contribution in [3.05, 3.63) is 294 Å². The molecule has 574 valence electrons. The van der Waals surface area contributed by atoms with Crippen LogP contribution in [0.5, 0.6) is 11.5 Å². The highest BCUT2D eigenvalue weighted by molar-refractivity contribution is 6.33. The van der Waals surface area contributed by atoms with E-state index in [0.29, 0.717) is 22.2 Å². The van der Waals surface area contributed by atoms with E-state index in [1.54, 1.807) is 31.2 Å². The summed E-state index contributed by atoms with van der Waals surface area (Å²) in [5, 5.41) is 141. The van der Waals surface area contributed by atoms with E-state index in [2.05, 4.69) is 0 Å². The highest BCUT2D eigenvalue weighted by Crippen LogP contribution is 2.24. The number of benzene rings is 10. The van der Waals surface area contributed by atoms with Crippen LogP contribution in [0.15, 0.2) is 194 Å². The summed E-state index contributed by atoms with van der Waals surface area (Å²) in [7, 11) is 1.29. The molecule has 16 N–H and O–H groups in total. The summed E-state index contributed by atoms with van der Waals surface area (Å²) in [6.45, 7) is 1.97. The zero-order chi connectivity index (χ0) is 83.8. The Balaban J connectivity index is 0.000000329. The third kappa shape index (κ3) is 27.9. The zero-order valence-electron chi connectivity index (χ0n) is 56.4. The Kier molecular flexibility index (Phi) is 33.9. The van der Waals surface area contributed by atoms with Crippen LogP contribution in [0.3, 0.4) is 0 Å². The van der Waals surface area contributed by atoms with Crippen LogP contribution in [-0.4, -0.2) is 191 Å². The van der Waals surface area contributed by atoms with Gasteiger partial charge in [0.15, 0.2) is 0 Å². The fraction of sp³-hybridized carbons (Fsp3) is 0.0400. The Bertz CT molecular complexity index is 5040. The van der Waals surface area contributed by atoms with Gasteiger partial charge >= 0.3 is 95.5 Å². The Hall–Kier alpha value is -15.9. The third-order valence-electron chi connectivity index (χ3n) is 13.7. The second kappa shape index (κ2) is 42.1. The number of methoxy groups -OCH3 is 1. The van der Waals surface area contributed by atoms with E-state index in [0.717, 1.165) is 35.7 Å². The van der Waals surface area contributed by atoms with Crippen LogP contribution in [0.1, 0.15) is 173 Å². The van der Waals surface area contributed by atoms with Crippen LogP contribution in [0.25, 0.3) is 21.5 Å². The molecule has 0 radical (unpaired) electrons. The molecule has 0 aromatic heterocycles. The molecule has 0 unspecified atom stereocenters. The molecule has 34 nitrogen and oxygen atoms in total. The molecule has 0 fully saturated rings. The first-order chi connectivity index (χ1) is 52.0. The minimum absolute atomic E-state index is 0.00319. The molecule has 0 heterocycles. The predicted molar refractivity (Wildman–Crippen MR) is 381 cm³/mol. The maximum absolute atomic E-state index is 12.8. The molecule has 0 spiro atoms. The summed E-state index contributed by atoms with van der Waals surface area (Å²) >= 11 is 5.52. The lowest BCUT2D eigenvalue weighted by Gasteiger charge is -2.07. The van der Waals surface area contributed by atoms with Gasteiger partial charge in [-0.25, -0.2) is 81.1 Å². The van der Waals surface area contributed by atoms with Crippen molar-refractivity contribution in [2.75, 3.05) is 13.7 Å². The fourth-order valence-corrected chi connectivity index (χ4v) is 8.58. The van der Waals surface area contributed by atoms with Gasteiger partial charge in [0, 0.05) is 0 Å². The number of carboxylic acid groups (broad SMARTS) is 16. The van der Waals surface area contributed by atoms with E-state index in [1.807, 2.05) is 0 Å². The van der Waals surface area contributed by atoms with Gasteiger partial charge < -0.3 is 91.2 Å². The van der Waals surface area contributed by atoms with Gasteiger partial charge in [0.1, 0.15) is 28.4 Å². The zero-order valence-corrected chi connectivity index (χ0v) is 57.2. The van der Waals surface area contributed by atoms with E-state index >= 15 is 0 Å². The van der Waals surface area contributed by atoms with Gasteiger partial charge in [-0.1, -0.05) is 41.9 Å². The first-order valence-corrected chi connectivity index (χ1v) is 30.5. The molecule has 10 aromatic carbocycles. The number of halogens is 2. The molecule has 111 heavy (non-hydrogen) atoms. The largest absolute Gasteiger partial charge is 0.496 e. The van der Waals surface area contributed by atoms with Gasteiger partial charge in [-0.3, -0.25) is 0 Å². The number of hydrogen-bond acceptors (Lipinski definition) is 18. The van der Waals surface area contributed by atoms with Crippen molar-refractivity contribution in [2.24, 2.45) is 0 Å². The summed E-state index contributed by atoms with van der Waals surface area (Å²) in [4.78, 5) is 168. The Morgan fingerprint density at radius 3 is 0.802 bits per heavy atom. The average molecular weight is 1560 g/mol. The van der Waals surface area contributed by atoms with Crippen molar-refractivity contribution in [2.45, 2.75) is 6.92 Å². The summed E-state index contributed by atoms with van der Waals surface area (Å²) < 4.78 is 22.6. The molecule has 10 rings (SSSR count). The van der Waals surface area contributed by atoms with Gasteiger partial charge in [-0.15, -0.1) is 0 Å². The van der Waals surface area contributed by atoms with Crippen molar-refractivity contribution >= 4 is 129 Å². The minimum Gasteiger partial charge on any atom is -0.496 e. The molecule has 0 saturated carbocycles. The van der Waals surface area contributed by atoms with E-state index < -0.39 is 107 Å². The van der Waals surface area contributed by atoms with Crippen LogP contribution in [0, 0.1) is 5.82 Å².